The third-order valence-corrected chi connectivity index (χ3v) is 0. The molecule has 0 aliphatic heterocycles. The van der Waals surface area contributed by atoms with E-state index in [2.05, 4.69) is 0 Å². The summed E-state index contributed by atoms with van der Waals surface area (Å²) in [7, 11) is 0. The first-order valence-electron chi connectivity index (χ1n) is 0. The molecule has 0 aromatic rings. The van der Waals surface area contributed by atoms with Crippen molar-refractivity contribution < 1.29 is 41.5 Å². The Morgan fingerprint density at radius 1 is 0.375 bits per heavy atom. The first kappa shape index (κ1) is 486. The molecule has 0 bridgehead atoms. The third-order valence-electron chi connectivity index (χ3n) is 0. The maximum atomic E-state index is 0. The van der Waals surface area contributed by atoms with Crippen LogP contribution in [0.2, 0.25) is 0 Å². The first-order valence-corrected chi connectivity index (χ1v) is 0. The SMILES string of the molecule is N.N.N.N.N.N.[Re].[W]. The molecule has 0 amide bonds. The predicted molar refractivity (Wildman–Crippen MR) is 30.1 cm³/mol. The molecule has 0 rings (SSSR count). The van der Waals surface area contributed by atoms with Crippen LogP contribution < -0.4 is 36.9 Å². The maximum Gasteiger partial charge on any atom is 0 e. The van der Waals surface area contributed by atoms with Gasteiger partial charge in [0.15, 0.2) is 0 Å². The van der Waals surface area contributed by atoms with E-state index in [9.17, 15) is 0 Å². The first-order chi connectivity index (χ1) is 0. The molecule has 18 N–H and O–H groups in total. The number of hydrogen-bond acceptors (Lipinski definition) is 6. The Bertz CT molecular complexity index is 8.49. The molecule has 1 radical (unpaired) electrons. The molecule has 0 saturated heterocycles. The van der Waals surface area contributed by atoms with Crippen LogP contribution in [-0.2, 0) is 41.5 Å². The van der Waals surface area contributed by atoms with Gasteiger partial charge in [0, 0.05) is 41.5 Å². The van der Waals surface area contributed by atoms with Crippen molar-refractivity contribution in [3.05, 3.63) is 0 Å². The molecule has 0 unspecified atom stereocenters. The van der Waals surface area contributed by atoms with Gasteiger partial charge in [-0.05, 0) is 0 Å². The standard InChI is InChI=1S/6H3N.Re.W/h6*1H3;;. The van der Waals surface area contributed by atoms with Crippen LogP contribution in [0, 0.1) is 0 Å². The molecule has 0 aliphatic rings. The summed E-state index contributed by atoms with van der Waals surface area (Å²) in [6.07, 6.45) is 0. The van der Waals surface area contributed by atoms with Gasteiger partial charge in [0.25, 0.3) is 0 Å². The minimum atomic E-state index is 0. The van der Waals surface area contributed by atoms with E-state index in [1.807, 2.05) is 0 Å². The summed E-state index contributed by atoms with van der Waals surface area (Å²) in [6, 6.07) is 0. The van der Waals surface area contributed by atoms with Gasteiger partial charge in [-0.2, -0.15) is 0 Å². The van der Waals surface area contributed by atoms with Gasteiger partial charge < -0.3 is 36.9 Å². The summed E-state index contributed by atoms with van der Waals surface area (Å²) in [5.74, 6) is 0. The summed E-state index contributed by atoms with van der Waals surface area (Å²) in [5.41, 5.74) is 0. The average Bonchev–Trinajstić information content (AvgIpc) is 0. The van der Waals surface area contributed by atoms with Gasteiger partial charge in [-0.1, -0.05) is 0 Å². The quantitative estimate of drug-likeness (QED) is 0.302. The Hall–Kier alpha value is 1.11. The van der Waals surface area contributed by atoms with Crippen molar-refractivity contribution in [2.24, 2.45) is 0 Å². The predicted octanol–water partition coefficient (Wildman–Crippen LogP) is 0.967. The van der Waals surface area contributed by atoms with E-state index < -0.39 is 0 Å². The zero-order valence-electron chi connectivity index (χ0n) is 5.03. The maximum absolute atomic E-state index is 0. The zero-order chi connectivity index (χ0) is 0. The van der Waals surface area contributed by atoms with Crippen LogP contribution in [0.5, 0.6) is 0 Å². The van der Waals surface area contributed by atoms with Gasteiger partial charge in [0.2, 0.25) is 0 Å². The molecule has 8 heteroatoms. The summed E-state index contributed by atoms with van der Waals surface area (Å²) in [4.78, 5) is 0. The van der Waals surface area contributed by atoms with Crippen LogP contribution in [0.1, 0.15) is 0 Å². The summed E-state index contributed by atoms with van der Waals surface area (Å²) >= 11 is 0. The Kier molecular flexibility index (Phi) is 20200. The van der Waals surface area contributed by atoms with E-state index in [-0.39, 0.29) is 78.4 Å². The number of hydrogen-bond donors (Lipinski definition) is 6. The van der Waals surface area contributed by atoms with E-state index in [0.717, 1.165) is 0 Å². The van der Waals surface area contributed by atoms with Crippen molar-refractivity contribution in [1.82, 2.24) is 36.9 Å². The largest absolute Gasteiger partial charge is 0.344 e. The van der Waals surface area contributed by atoms with Crippen LogP contribution in [0.3, 0.4) is 0 Å². The zero-order valence-corrected chi connectivity index (χ0v) is 10.7. The van der Waals surface area contributed by atoms with E-state index in [1.54, 1.807) is 0 Å². The molecule has 0 aromatic heterocycles. The molecule has 0 atom stereocenters. The summed E-state index contributed by atoms with van der Waals surface area (Å²) in [5, 5.41) is 0. The minimum Gasteiger partial charge on any atom is -0.344 e. The molecule has 0 fully saturated rings. The number of rotatable bonds is 0. The molecule has 0 aromatic carbocycles. The van der Waals surface area contributed by atoms with Crippen molar-refractivity contribution in [1.29, 1.82) is 0 Å². The third kappa shape index (κ3) is 215. The Morgan fingerprint density at radius 2 is 0.375 bits per heavy atom. The van der Waals surface area contributed by atoms with Gasteiger partial charge >= 0.3 is 0 Å². The molecule has 6 nitrogen and oxygen atoms in total. The van der Waals surface area contributed by atoms with Crippen molar-refractivity contribution in [3.63, 3.8) is 0 Å². The van der Waals surface area contributed by atoms with Crippen LogP contribution in [0.25, 0.3) is 0 Å². The fourth-order valence-electron chi connectivity index (χ4n) is 0. The summed E-state index contributed by atoms with van der Waals surface area (Å²) in [6.45, 7) is 0. The Labute approximate surface area is 78.4 Å². The molecule has 0 spiro atoms. The Balaban J connectivity index is 0. The van der Waals surface area contributed by atoms with E-state index >= 15 is 0 Å². The second-order valence-electron chi connectivity index (χ2n) is 0. The van der Waals surface area contributed by atoms with Crippen LogP contribution in [-0.4, -0.2) is 0 Å². The second kappa shape index (κ2) is 332. The van der Waals surface area contributed by atoms with Crippen molar-refractivity contribution in [2.75, 3.05) is 0 Å². The molecule has 61 valence electrons. The molecule has 0 aliphatic carbocycles. The Morgan fingerprint density at radius 3 is 0.375 bits per heavy atom. The van der Waals surface area contributed by atoms with Gasteiger partial charge in [0.05, 0.1) is 0 Å². The van der Waals surface area contributed by atoms with E-state index in [0.29, 0.717) is 0 Å². The van der Waals surface area contributed by atoms with Crippen molar-refractivity contribution >= 4 is 0 Å². The normalized spacial score (nSPS) is 0. The van der Waals surface area contributed by atoms with Crippen LogP contribution in [0.15, 0.2) is 0 Å². The second-order valence-corrected chi connectivity index (χ2v) is 0. The monoisotopic (exact) mass is 473 g/mol. The van der Waals surface area contributed by atoms with Crippen LogP contribution >= 0.6 is 0 Å². The average molecular weight is 472 g/mol. The van der Waals surface area contributed by atoms with Crippen LogP contribution in [0.4, 0.5) is 0 Å². The fourth-order valence-corrected chi connectivity index (χ4v) is 0. The summed E-state index contributed by atoms with van der Waals surface area (Å²) < 4.78 is 0. The van der Waals surface area contributed by atoms with Gasteiger partial charge in [-0.25, -0.2) is 0 Å². The van der Waals surface area contributed by atoms with Gasteiger partial charge in [-0.3, -0.25) is 0 Å². The fraction of sp³-hybridized carbons (Fsp3) is 0. The van der Waals surface area contributed by atoms with Gasteiger partial charge in [0.1, 0.15) is 0 Å². The molecule has 8 heavy (non-hydrogen) atoms. The van der Waals surface area contributed by atoms with Crippen molar-refractivity contribution in [2.45, 2.75) is 0 Å². The van der Waals surface area contributed by atoms with Gasteiger partial charge in [-0.15, -0.1) is 0 Å². The van der Waals surface area contributed by atoms with E-state index in [4.69, 9.17) is 0 Å². The minimum absolute atomic E-state index is 0. The van der Waals surface area contributed by atoms with E-state index in [1.165, 1.54) is 0 Å². The topological polar surface area (TPSA) is 210 Å². The molecular weight excluding hydrogens is 454 g/mol. The molecular formula is H18N6ReW. The smallest absolute Gasteiger partial charge is 0 e. The molecule has 0 heterocycles. The van der Waals surface area contributed by atoms with Crippen molar-refractivity contribution in [3.8, 4) is 0 Å². The molecule has 0 saturated carbocycles.